The number of benzene rings is 1. The summed E-state index contributed by atoms with van der Waals surface area (Å²) in [5.74, 6) is -2.16. The highest BCUT2D eigenvalue weighted by Gasteiger charge is 2.25. The van der Waals surface area contributed by atoms with Gasteiger partial charge < -0.3 is 16.0 Å². The van der Waals surface area contributed by atoms with Gasteiger partial charge in [-0.1, -0.05) is 38.5 Å². The minimum Gasteiger partial charge on any atom is -0.345 e. The molecule has 0 aliphatic heterocycles. The highest BCUT2D eigenvalue weighted by molar-refractivity contribution is 7.90. The highest BCUT2D eigenvalue weighted by atomic mass is 32.2. The lowest BCUT2D eigenvalue weighted by Gasteiger charge is -2.22. The summed E-state index contributed by atoms with van der Waals surface area (Å²) in [6, 6.07) is 5.12. The zero-order chi connectivity index (χ0) is 22.3. The molecule has 1 aromatic rings. The van der Waals surface area contributed by atoms with Crippen molar-refractivity contribution in [3.8, 4) is 0 Å². The first-order chi connectivity index (χ1) is 14.8. The highest BCUT2D eigenvalue weighted by Crippen LogP contribution is 2.19. The van der Waals surface area contributed by atoms with E-state index in [1.165, 1.54) is 30.7 Å². The van der Waals surface area contributed by atoms with Crippen LogP contribution in [0.5, 0.6) is 0 Å². The average Bonchev–Trinajstić information content (AvgIpc) is 2.75. The van der Waals surface area contributed by atoms with Crippen molar-refractivity contribution in [3.05, 3.63) is 24.3 Å². The Morgan fingerprint density at radius 3 is 1.77 bits per heavy atom. The predicted molar refractivity (Wildman–Crippen MR) is 116 cm³/mol. The van der Waals surface area contributed by atoms with Crippen LogP contribution >= 0.6 is 0 Å². The molecule has 0 atom stereocenters. The van der Waals surface area contributed by atoms with Gasteiger partial charge in [0.1, 0.15) is 0 Å². The van der Waals surface area contributed by atoms with E-state index in [1.807, 2.05) is 0 Å². The lowest BCUT2D eigenvalue weighted by Crippen LogP contribution is -2.46. The SMILES string of the molecule is O=C(Nc1ccc(S(=O)(=O)NC(=O)C(=O)NC2CCCCC2)cc1)NC1CCCCC1. The molecule has 4 amide bonds. The van der Waals surface area contributed by atoms with E-state index in [2.05, 4.69) is 16.0 Å². The van der Waals surface area contributed by atoms with Gasteiger partial charge >= 0.3 is 17.8 Å². The molecule has 4 N–H and O–H groups in total. The van der Waals surface area contributed by atoms with Gasteiger partial charge in [0.05, 0.1) is 4.90 Å². The van der Waals surface area contributed by atoms with Crippen LogP contribution in [0, 0.1) is 0 Å². The van der Waals surface area contributed by atoms with Crippen molar-refractivity contribution >= 4 is 33.6 Å². The normalized spacial score (nSPS) is 18.1. The number of amides is 4. The Bertz CT molecular complexity index is 889. The first-order valence-electron chi connectivity index (χ1n) is 10.9. The number of rotatable bonds is 5. The van der Waals surface area contributed by atoms with Crippen LogP contribution < -0.4 is 20.7 Å². The Hall–Kier alpha value is -2.62. The molecule has 3 rings (SSSR count). The van der Waals surface area contributed by atoms with Crippen molar-refractivity contribution < 1.29 is 22.8 Å². The third kappa shape index (κ3) is 6.95. The van der Waals surface area contributed by atoms with Crippen LogP contribution in [0.25, 0.3) is 0 Å². The third-order valence-corrected chi connectivity index (χ3v) is 7.08. The minimum atomic E-state index is -4.20. The molecular formula is C21H30N4O5S. The van der Waals surface area contributed by atoms with E-state index in [9.17, 15) is 22.8 Å². The minimum absolute atomic E-state index is 0.0974. The molecule has 0 heterocycles. The van der Waals surface area contributed by atoms with E-state index < -0.39 is 21.8 Å². The van der Waals surface area contributed by atoms with Gasteiger partial charge in [-0.2, -0.15) is 0 Å². The standard InChI is InChI=1S/C21H30N4O5S/c26-19(22-15-7-3-1-4-8-15)20(27)25-31(29,30)18-13-11-17(12-14-18)24-21(28)23-16-9-5-2-6-10-16/h11-16H,1-10H2,(H,22,26)(H,25,27)(H2,23,24,28). The molecule has 2 saturated carbocycles. The molecule has 2 aliphatic rings. The number of carbonyl (C=O) groups is 3. The van der Waals surface area contributed by atoms with Gasteiger partial charge in [-0.15, -0.1) is 0 Å². The molecule has 0 saturated heterocycles. The van der Waals surface area contributed by atoms with Crippen LogP contribution in [-0.2, 0) is 19.6 Å². The van der Waals surface area contributed by atoms with Gasteiger partial charge in [0.15, 0.2) is 0 Å². The summed E-state index contributed by atoms with van der Waals surface area (Å²) in [4.78, 5) is 36.0. The Labute approximate surface area is 182 Å². The second-order valence-electron chi connectivity index (χ2n) is 8.20. The summed E-state index contributed by atoms with van der Waals surface area (Å²) in [7, 11) is -4.20. The fourth-order valence-corrected chi connectivity index (χ4v) is 4.99. The Kier molecular flexibility index (Phi) is 7.89. The summed E-state index contributed by atoms with van der Waals surface area (Å²) in [6.45, 7) is 0. The largest absolute Gasteiger partial charge is 0.345 e. The lowest BCUT2D eigenvalue weighted by atomic mass is 9.95. The second-order valence-corrected chi connectivity index (χ2v) is 9.88. The molecule has 2 fully saturated rings. The lowest BCUT2D eigenvalue weighted by molar-refractivity contribution is -0.138. The van der Waals surface area contributed by atoms with Crippen LogP contribution in [-0.4, -0.2) is 38.3 Å². The number of carbonyl (C=O) groups excluding carboxylic acids is 3. The summed E-state index contributed by atoms with van der Waals surface area (Å²) in [6.07, 6.45) is 9.92. The molecular weight excluding hydrogens is 420 g/mol. The van der Waals surface area contributed by atoms with Crippen LogP contribution in [0.1, 0.15) is 64.2 Å². The van der Waals surface area contributed by atoms with E-state index in [4.69, 9.17) is 0 Å². The second kappa shape index (κ2) is 10.6. The van der Waals surface area contributed by atoms with E-state index in [0.29, 0.717) is 5.69 Å². The quantitative estimate of drug-likeness (QED) is 0.511. The van der Waals surface area contributed by atoms with Crippen molar-refractivity contribution in [1.82, 2.24) is 15.4 Å². The fraction of sp³-hybridized carbons (Fsp3) is 0.571. The molecule has 2 aliphatic carbocycles. The maximum Gasteiger partial charge on any atom is 0.323 e. The van der Waals surface area contributed by atoms with Crippen LogP contribution in [0.2, 0.25) is 0 Å². The summed E-state index contributed by atoms with van der Waals surface area (Å²) >= 11 is 0. The molecule has 0 bridgehead atoms. The van der Waals surface area contributed by atoms with Gasteiger partial charge in [-0.25, -0.2) is 17.9 Å². The first kappa shape index (κ1) is 23.1. The molecule has 31 heavy (non-hydrogen) atoms. The van der Waals surface area contributed by atoms with Crippen LogP contribution in [0.4, 0.5) is 10.5 Å². The van der Waals surface area contributed by atoms with Gasteiger partial charge in [0.25, 0.3) is 10.0 Å². The molecule has 170 valence electrons. The van der Waals surface area contributed by atoms with Gasteiger partial charge in [-0.3, -0.25) is 9.59 Å². The van der Waals surface area contributed by atoms with Crippen molar-refractivity contribution in [2.75, 3.05) is 5.32 Å². The van der Waals surface area contributed by atoms with Gasteiger partial charge in [0.2, 0.25) is 0 Å². The number of anilines is 1. The van der Waals surface area contributed by atoms with E-state index in [1.54, 1.807) is 4.72 Å². The summed E-state index contributed by atoms with van der Waals surface area (Å²) < 4.78 is 26.6. The topological polar surface area (TPSA) is 133 Å². The van der Waals surface area contributed by atoms with Crippen LogP contribution in [0.3, 0.4) is 0 Å². The fourth-order valence-electron chi connectivity index (χ4n) is 4.04. The van der Waals surface area contributed by atoms with Crippen LogP contribution in [0.15, 0.2) is 29.2 Å². The number of sulfonamides is 1. The molecule has 0 unspecified atom stereocenters. The predicted octanol–water partition coefficient (Wildman–Crippen LogP) is 2.39. The zero-order valence-corrected chi connectivity index (χ0v) is 18.3. The van der Waals surface area contributed by atoms with Crippen molar-refractivity contribution in [2.45, 2.75) is 81.2 Å². The molecule has 1 aromatic carbocycles. The van der Waals surface area contributed by atoms with Crippen molar-refractivity contribution in [3.63, 3.8) is 0 Å². The summed E-state index contributed by atoms with van der Waals surface area (Å²) in [5, 5.41) is 8.18. The Balaban J connectivity index is 1.51. The first-order valence-corrected chi connectivity index (χ1v) is 12.4. The monoisotopic (exact) mass is 450 g/mol. The van der Waals surface area contributed by atoms with E-state index in [-0.39, 0.29) is 23.0 Å². The molecule has 0 spiro atoms. The zero-order valence-electron chi connectivity index (χ0n) is 17.5. The summed E-state index contributed by atoms with van der Waals surface area (Å²) in [5.41, 5.74) is 0.425. The maximum atomic E-state index is 12.4. The number of hydrogen-bond acceptors (Lipinski definition) is 5. The number of hydrogen-bond donors (Lipinski definition) is 4. The Morgan fingerprint density at radius 2 is 1.23 bits per heavy atom. The third-order valence-electron chi connectivity index (χ3n) is 5.74. The van der Waals surface area contributed by atoms with Crippen molar-refractivity contribution in [2.24, 2.45) is 0 Å². The van der Waals surface area contributed by atoms with Gasteiger partial charge in [-0.05, 0) is 49.9 Å². The molecule has 0 radical (unpaired) electrons. The average molecular weight is 451 g/mol. The maximum absolute atomic E-state index is 12.4. The van der Waals surface area contributed by atoms with E-state index in [0.717, 1.165) is 57.8 Å². The molecule has 10 heteroatoms. The number of nitrogens with one attached hydrogen (secondary N) is 4. The number of urea groups is 1. The van der Waals surface area contributed by atoms with E-state index >= 15 is 0 Å². The smallest absolute Gasteiger partial charge is 0.323 e. The Morgan fingerprint density at radius 1 is 0.710 bits per heavy atom. The molecule has 9 nitrogen and oxygen atoms in total. The van der Waals surface area contributed by atoms with Gasteiger partial charge in [0, 0.05) is 17.8 Å². The molecule has 0 aromatic heterocycles. The van der Waals surface area contributed by atoms with Crippen molar-refractivity contribution in [1.29, 1.82) is 0 Å².